The van der Waals surface area contributed by atoms with Gasteiger partial charge < -0.3 is 10.3 Å². The first-order valence-corrected chi connectivity index (χ1v) is 6.99. The summed E-state index contributed by atoms with van der Waals surface area (Å²) in [6.07, 6.45) is 3.61. The van der Waals surface area contributed by atoms with Crippen molar-refractivity contribution in [1.29, 1.82) is 0 Å². The van der Waals surface area contributed by atoms with Gasteiger partial charge in [-0.2, -0.15) is 0 Å². The summed E-state index contributed by atoms with van der Waals surface area (Å²) in [5, 5.41) is 6.42. The number of aryl methyl sites for hydroxylation is 1. The standard InChI is InChI=1S/C15H12ClN3O/c16-12-6-10-8(7-18-12)3-4-9-13-11(19-14(9)10)2-1-5-17-15(13)20/h3-4,6-7,18H,1-2,5H2,(H,17,20). The first-order valence-electron chi connectivity index (χ1n) is 6.61. The van der Waals surface area contributed by atoms with Gasteiger partial charge in [0.1, 0.15) is 5.15 Å². The van der Waals surface area contributed by atoms with Crippen LogP contribution >= 0.6 is 11.6 Å². The Morgan fingerprint density at radius 2 is 2.15 bits per heavy atom. The van der Waals surface area contributed by atoms with Crippen molar-refractivity contribution in [2.75, 3.05) is 6.54 Å². The van der Waals surface area contributed by atoms with E-state index in [9.17, 15) is 4.79 Å². The number of aromatic amines is 1. The van der Waals surface area contributed by atoms with Gasteiger partial charge in [0.25, 0.3) is 5.91 Å². The molecular formula is C15H12ClN3O. The van der Waals surface area contributed by atoms with Gasteiger partial charge in [0, 0.05) is 28.9 Å². The highest BCUT2D eigenvalue weighted by Crippen LogP contribution is 2.31. The van der Waals surface area contributed by atoms with Crippen LogP contribution in [0.15, 0.2) is 24.4 Å². The Hall–Kier alpha value is -2.07. The summed E-state index contributed by atoms with van der Waals surface area (Å²) in [5.74, 6) is -0.0204. The van der Waals surface area contributed by atoms with Gasteiger partial charge in [0.2, 0.25) is 0 Å². The summed E-state index contributed by atoms with van der Waals surface area (Å²) >= 11 is 6.04. The molecule has 100 valence electrons. The van der Waals surface area contributed by atoms with Gasteiger partial charge in [-0.1, -0.05) is 23.7 Å². The van der Waals surface area contributed by atoms with Gasteiger partial charge in [-0.3, -0.25) is 9.78 Å². The van der Waals surface area contributed by atoms with Gasteiger partial charge in [-0.25, -0.2) is 0 Å². The maximum absolute atomic E-state index is 12.2. The van der Waals surface area contributed by atoms with Gasteiger partial charge in [0.15, 0.2) is 0 Å². The first kappa shape index (κ1) is 11.7. The highest BCUT2D eigenvalue weighted by molar-refractivity contribution is 6.30. The number of carbonyl (C=O) groups is 1. The van der Waals surface area contributed by atoms with Crippen LogP contribution in [0, 0.1) is 0 Å². The molecule has 3 aromatic rings. The van der Waals surface area contributed by atoms with Crippen molar-refractivity contribution in [3.63, 3.8) is 0 Å². The van der Waals surface area contributed by atoms with Crippen LogP contribution in [0.1, 0.15) is 22.5 Å². The zero-order valence-electron chi connectivity index (χ0n) is 10.7. The Morgan fingerprint density at radius 1 is 1.25 bits per heavy atom. The summed E-state index contributed by atoms with van der Waals surface area (Å²) in [6, 6.07) is 5.82. The fourth-order valence-electron chi connectivity index (χ4n) is 2.87. The van der Waals surface area contributed by atoms with E-state index < -0.39 is 0 Å². The Morgan fingerprint density at radius 3 is 3.05 bits per heavy atom. The third-order valence-electron chi connectivity index (χ3n) is 3.80. The number of pyridine rings is 1. The predicted molar refractivity (Wildman–Crippen MR) is 79.3 cm³/mol. The number of H-pyrrole nitrogens is 1. The molecule has 1 aliphatic heterocycles. The smallest absolute Gasteiger partial charge is 0.253 e. The zero-order valence-corrected chi connectivity index (χ0v) is 11.4. The summed E-state index contributed by atoms with van der Waals surface area (Å²) in [7, 11) is 0. The minimum atomic E-state index is -0.0204. The van der Waals surface area contributed by atoms with E-state index in [1.54, 1.807) is 0 Å². The molecule has 0 bridgehead atoms. The maximum Gasteiger partial charge on any atom is 0.253 e. The van der Waals surface area contributed by atoms with Gasteiger partial charge in [-0.15, -0.1) is 0 Å². The number of hydrogen-bond donors (Lipinski definition) is 2. The molecule has 5 heteroatoms. The highest BCUT2D eigenvalue weighted by atomic mass is 35.5. The fraction of sp³-hybridized carbons (Fsp3) is 0.200. The van der Waals surface area contributed by atoms with Crippen molar-refractivity contribution in [3.05, 3.63) is 40.8 Å². The summed E-state index contributed by atoms with van der Waals surface area (Å²) in [6.45, 7) is 0.713. The van der Waals surface area contributed by atoms with E-state index in [4.69, 9.17) is 16.6 Å². The van der Waals surface area contributed by atoms with E-state index in [-0.39, 0.29) is 5.91 Å². The second-order valence-corrected chi connectivity index (χ2v) is 5.45. The van der Waals surface area contributed by atoms with Crippen LogP contribution in [0.4, 0.5) is 0 Å². The molecule has 0 fully saturated rings. The normalized spacial score (nSPS) is 15.2. The number of carbonyl (C=O) groups excluding carboxylic acids is 1. The Labute approximate surface area is 120 Å². The second-order valence-electron chi connectivity index (χ2n) is 5.04. The minimum Gasteiger partial charge on any atom is -0.352 e. The van der Waals surface area contributed by atoms with Crippen LogP contribution in [0.2, 0.25) is 5.15 Å². The summed E-state index contributed by atoms with van der Waals surface area (Å²) in [5.41, 5.74) is 2.48. The quantitative estimate of drug-likeness (QED) is 0.624. The van der Waals surface area contributed by atoms with E-state index in [1.165, 1.54) is 0 Å². The third kappa shape index (κ3) is 1.61. The van der Waals surface area contributed by atoms with Crippen molar-refractivity contribution in [2.45, 2.75) is 12.8 Å². The van der Waals surface area contributed by atoms with Gasteiger partial charge >= 0.3 is 0 Å². The minimum absolute atomic E-state index is 0.0204. The van der Waals surface area contributed by atoms with E-state index in [2.05, 4.69) is 10.3 Å². The lowest BCUT2D eigenvalue weighted by Crippen LogP contribution is -2.22. The molecule has 3 heterocycles. The molecule has 0 saturated carbocycles. The third-order valence-corrected chi connectivity index (χ3v) is 4.01. The van der Waals surface area contributed by atoms with Crippen LogP contribution < -0.4 is 5.32 Å². The van der Waals surface area contributed by atoms with Crippen LogP contribution in [-0.4, -0.2) is 22.4 Å². The SMILES string of the molecule is O=C1NCCCc2nc3c(ccc4c[nH]c(Cl)cc43)c21. The molecule has 0 atom stereocenters. The summed E-state index contributed by atoms with van der Waals surface area (Å²) < 4.78 is 0. The van der Waals surface area contributed by atoms with E-state index in [1.807, 2.05) is 24.4 Å². The number of benzene rings is 1. The average Bonchev–Trinajstić information content (AvgIpc) is 2.72. The van der Waals surface area contributed by atoms with Crippen molar-refractivity contribution >= 4 is 39.2 Å². The topological polar surface area (TPSA) is 57.8 Å². The number of aromatic nitrogens is 2. The monoisotopic (exact) mass is 285 g/mol. The molecule has 4 nitrogen and oxygen atoms in total. The molecule has 0 spiro atoms. The van der Waals surface area contributed by atoms with Crippen LogP contribution in [0.5, 0.6) is 0 Å². The molecule has 0 radical (unpaired) electrons. The molecule has 0 aliphatic carbocycles. The second kappa shape index (κ2) is 4.21. The molecule has 1 amide bonds. The zero-order chi connectivity index (χ0) is 13.7. The Kier molecular flexibility index (Phi) is 2.47. The molecule has 1 aromatic carbocycles. The lowest BCUT2D eigenvalue weighted by Gasteiger charge is -2.02. The van der Waals surface area contributed by atoms with E-state index >= 15 is 0 Å². The van der Waals surface area contributed by atoms with Crippen molar-refractivity contribution in [3.8, 4) is 0 Å². The van der Waals surface area contributed by atoms with Crippen LogP contribution in [0.25, 0.3) is 21.7 Å². The number of fused-ring (bicyclic) bond motifs is 5. The number of nitrogens with one attached hydrogen (secondary N) is 2. The highest BCUT2D eigenvalue weighted by Gasteiger charge is 2.22. The van der Waals surface area contributed by atoms with Gasteiger partial charge in [0.05, 0.1) is 16.8 Å². The lowest BCUT2D eigenvalue weighted by molar-refractivity contribution is 0.0957. The number of nitrogens with zero attached hydrogens (tertiary/aromatic N) is 1. The number of rotatable bonds is 0. The van der Waals surface area contributed by atoms with Crippen molar-refractivity contribution in [1.82, 2.24) is 15.3 Å². The lowest BCUT2D eigenvalue weighted by atomic mass is 10.1. The molecule has 0 saturated heterocycles. The molecule has 2 N–H and O–H groups in total. The molecule has 0 unspecified atom stereocenters. The fourth-order valence-corrected chi connectivity index (χ4v) is 3.03. The molecular weight excluding hydrogens is 274 g/mol. The summed E-state index contributed by atoms with van der Waals surface area (Å²) in [4.78, 5) is 19.9. The first-order chi connectivity index (χ1) is 9.74. The van der Waals surface area contributed by atoms with E-state index in [0.717, 1.165) is 45.8 Å². The Bertz CT molecular complexity index is 853. The number of hydrogen-bond acceptors (Lipinski definition) is 2. The Balaban J connectivity index is 2.12. The number of amides is 1. The molecule has 4 rings (SSSR count). The van der Waals surface area contributed by atoms with Crippen LogP contribution in [-0.2, 0) is 6.42 Å². The number of halogens is 1. The van der Waals surface area contributed by atoms with E-state index in [0.29, 0.717) is 11.7 Å². The maximum atomic E-state index is 12.2. The van der Waals surface area contributed by atoms with Crippen molar-refractivity contribution < 1.29 is 4.79 Å². The largest absolute Gasteiger partial charge is 0.352 e. The molecule has 2 aromatic heterocycles. The molecule has 1 aliphatic rings. The predicted octanol–water partition coefficient (Wildman–Crippen LogP) is 3.05. The van der Waals surface area contributed by atoms with Crippen LogP contribution in [0.3, 0.4) is 0 Å². The van der Waals surface area contributed by atoms with Crippen molar-refractivity contribution in [2.24, 2.45) is 0 Å². The average molecular weight is 286 g/mol. The molecule has 20 heavy (non-hydrogen) atoms. The van der Waals surface area contributed by atoms with Gasteiger partial charge in [-0.05, 0) is 18.9 Å².